The van der Waals surface area contributed by atoms with Gasteiger partial charge in [0.2, 0.25) is 0 Å². The summed E-state index contributed by atoms with van der Waals surface area (Å²) in [6, 6.07) is 5.52. The number of nitrogens with zero attached hydrogens (tertiary/aromatic N) is 1. The second-order valence-corrected chi connectivity index (χ2v) is 4.58. The van der Waals surface area contributed by atoms with Gasteiger partial charge in [0.15, 0.2) is 0 Å². The molecule has 0 aliphatic carbocycles. The maximum atomic E-state index is 10.7. The van der Waals surface area contributed by atoms with Crippen LogP contribution in [0.1, 0.15) is 32.8 Å². The molecule has 0 spiro atoms. The summed E-state index contributed by atoms with van der Waals surface area (Å²) in [6.45, 7) is 8.24. The zero-order chi connectivity index (χ0) is 13.0. The predicted octanol–water partition coefficient (Wildman–Crippen LogP) is 3.75. The van der Waals surface area contributed by atoms with Crippen molar-refractivity contribution in [1.82, 2.24) is 0 Å². The molecule has 0 aromatic heterocycles. The lowest BCUT2D eigenvalue weighted by molar-refractivity contribution is -0.385. The van der Waals surface area contributed by atoms with Gasteiger partial charge in [-0.25, -0.2) is 0 Å². The molecule has 1 aromatic carbocycles. The summed E-state index contributed by atoms with van der Waals surface area (Å²) in [5.41, 5.74) is 1.81. The Bertz CT molecular complexity index is 404. The largest absolute Gasteiger partial charge is 0.382 e. The van der Waals surface area contributed by atoms with Crippen LogP contribution in [0.3, 0.4) is 0 Å². The summed E-state index contributed by atoms with van der Waals surface area (Å²) in [5, 5.41) is 14.1. The molecule has 0 fully saturated rings. The number of nitrogens with one attached hydrogen (secondary N) is 1. The number of hydrogen-bond donors (Lipinski definition) is 1. The Labute approximate surface area is 102 Å². The fourth-order valence-electron chi connectivity index (χ4n) is 1.71. The normalized spacial score (nSPS) is 14.1. The van der Waals surface area contributed by atoms with Crippen LogP contribution >= 0.6 is 0 Å². The van der Waals surface area contributed by atoms with Crippen LogP contribution in [0.2, 0.25) is 0 Å². The highest BCUT2D eigenvalue weighted by atomic mass is 16.6. The molecule has 0 saturated carbocycles. The number of rotatable bonds is 5. The van der Waals surface area contributed by atoms with Crippen LogP contribution in [0.4, 0.5) is 11.4 Å². The number of aryl methyl sites for hydroxylation is 1. The molecule has 0 aliphatic rings. The average molecular weight is 236 g/mol. The summed E-state index contributed by atoms with van der Waals surface area (Å²) in [4.78, 5) is 10.3. The van der Waals surface area contributed by atoms with Crippen molar-refractivity contribution >= 4 is 11.4 Å². The van der Waals surface area contributed by atoms with Gasteiger partial charge in [-0.05, 0) is 31.9 Å². The zero-order valence-corrected chi connectivity index (χ0v) is 10.9. The van der Waals surface area contributed by atoms with E-state index in [4.69, 9.17) is 0 Å². The van der Waals surface area contributed by atoms with Gasteiger partial charge in [0.25, 0.3) is 5.69 Å². The molecule has 0 bridgehead atoms. The molecule has 94 valence electrons. The van der Waals surface area contributed by atoms with Gasteiger partial charge in [0, 0.05) is 23.4 Å². The van der Waals surface area contributed by atoms with Gasteiger partial charge in [-0.15, -0.1) is 0 Å². The average Bonchev–Trinajstić information content (AvgIpc) is 2.27. The lowest BCUT2D eigenvalue weighted by Gasteiger charge is -2.21. The van der Waals surface area contributed by atoms with E-state index >= 15 is 0 Å². The van der Waals surface area contributed by atoms with Crippen LogP contribution in [0.15, 0.2) is 18.2 Å². The molecule has 0 aliphatic heterocycles. The van der Waals surface area contributed by atoms with E-state index < -0.39 is 0 Å². The molecule has 1 rings (SSSR count). The molecule has 17 heavy (non-hydrogen) atoms. The predicted molar refractivity (Wildman–Crippen MR) is 70.4 cm³/mol. The molecule has 2 atom stereocenters. The highest BCUT2D eigenvalue weighted by Gasteiger charge is 2.13. The maximum absolute atomic E-state index is 10.7. The number of nitro groups is 1. The minimum Gasteiger partial charge on any atom is -0.382 e. The van der Waals surface area contributed by atoms with Crippen LogP contribution in [0.25, 0.3) is 0 Å². The highest BCUT2D eigenvalue weighted by Crippen LogP contribution is 2.23. The molecule has 1 aromatic rings. The molecule has 2 unspecified atom stereocenters. The third-order valence-corrected chi connectivity index (χ3v) is 3.29. The van der Waals surface area contributed by atoms with Crippen LogP contribution in [0.5, 0.6) is 0 Å². The standard InChI is InChI=1S/C13H20N2O2/c1-5-9(2)11(4)14-12-6-7-13(15(16)17)10(3)8-12/h6-9,11,14H,5H2,1-4H3. The third-order valence-electron chi connectivity index (χ3n) is 3.29. The number of benzene rings is 1. The van der Waals surface area contributed by atoms with E-state index in [9.17, 15) is 10.1 Å². The smallest absolute Gasteiger partial charge is 0.272 e. The lowest BCUT2D eigenvalue weighted by atomic mass is 10.0. The van der Waals surface area contributed by atoms with Crippen molar-refractivity contribution in [3.8, 4) is 0 Å². The Balaban J connectivity index is 2.81. The van der Waals surface area contributed by atoms with Gasteiger partial charge in [-0.3, -0.25) is 10.1 Å². The first-order chi connectivity index (χ1) is 7.95. The first-order valence-electron chi connectivity index (χ1n) is 5.97. The Morgan fingerprint density at radius 1 is 1.41 bits per heavy atom. The Kier molecular flexibility index (Phi) is 4.49. The monoisotopic (exact) mass is 236 g/mol. The van der Waals surface area contributed by atoms with Gasteiger partial charge in [0.05, 0.1) is 4.92 Å². The van der Waals surface area contributed by atoms with Crippen LogP contribution < -0.4 is 5.32 Å². The summed E-state index contributed by atoms with van der Waals surface area (Å²) < 4.78 is 0. The Morgan fingerprint density at radius 3 is 2.53 bits per heavy atom. The van der Waals surface area contributed by atoms with Crippen molar-refractivity contribution in [1.29, 1.82) is 0 Å². The fourth-order valence-corrected chi connectivity index (χ4v) is 1.71. The van der Waals surface area contributed by atoms with E-state index in [0.717, 1.165) is 12.1 Å². The van der Waals surface area contributed by atoms with Gasteiger partial charge in [-0.1, -0.05) is 20.3 Å². The van der Waals surface area contributed by atoms with Gasteiger partial charge >= 0.3 is 0 Å². The topological polar surface area (TPSA) is 55.2 Å². The molecule has 0 saturated heterocycles. The molecular weight excluding hydrogens is 216 g/mol. The maximum Gasteiger partial charge on any atom is 0.272 e. The van der Waals surface area contributed by atoms with E-state index in [1.54, 1.807) is 19.1 Å². The van der Waals surface area contributed by atoms with Crippen LogP contribution in [-0.2, 0) is 0 Å². The summed E-state index contributed by atoms with van der Waals surface area (Å²) >= 11 is 0. The van der Waals surface area contributed by atoms with Crippen molar-refractivity contribution < 1.29 is 4.92 Å². The van der Waals surface area contributed by atoms with E-state index in [-0.39, 0.29) is 10.6 Å². The number of nitro benzene ring substituents is 1. The highest BCUT2D eigenvalue weighted by molar-refractivity contribution is 5.53. The molecule has 0 heterocycles. The molecule has 0 radical (unpaired) electrons. The van der Waals surface area contributed by atoms with Gasteiger partial charge < -0.3 is 5.32 Å². The van der Waals surface area contributed by atoms with E-state index in [2.05, 4.69) is 26.1 Å². The van der Waals surface area contributed by atoms with Crippen LogP contribution in [0, 0.1) is 23.0 Å². The Morgan fingerprint density at radius 2 is 2.06 bits per heavy atom. The molecular formula is C13H20N2O2. The third kappa shape index (κ3) is 3.44. The summed E-state index contributed by atoms with van der Waals surface area (Å²) in [5.74, 6) is 0.575. The molecule has 1 N–H and O–H groups in total. The molecule has 0 amide bonds. The van der Waals surface area contributed by atoms with Gasteiger partial charge in [-0.2, -0.15) is 0 Å². The zero-order valence-electron chi connectivity index (χ0n) is 10.9. The first-order valence-corrected chi connectivity index (χ1v) is 5.97. The fraction of sp³-hybridized carbons (Fsp3) is 0.538. The Hall–Kier alpha value is -1.58. The second kappa shape index (κ2) is 5.66. The quantitative estimate of drug-likeness (QED) is 0.625. The minimum atomic E-state index is -0.350. The van der Waals surface area contributed by atoms with Crippen molar-refractivity contribution in [2.75, 3.05) is 5.32 Å². The summed E-state index contributed by atoms with van der Waals surface area (Å²) in [7, 11) is 0. The van der Waals surface area contributed by atoms with Crippen LogP contribution in [-0.4, -0.2) is 11.0 Å². The molecule has 4 nitrogen and oxygen atoms in total. The van der Waals surface area contributed by atoms with E-state index in [1.807, 2.05) is 6.07 Å². The van der Waals surface area contributed by atoms with Crippen molar-refractivity contribution in [2.24, 2.45) is 5.92 Å². The van der Waals surface area contributed by atoms with Crippen molar-refractivity contribution in [3.05, 3.63) is 33.9 Å². The SMILES string of the molecule is CCC(C)C(C)Nc1ccc([N+](=O)[O-])c(C)c1. The summed E-state index contributed by atoms with van der Waals surface area (Å²) in [6.07, 6.45) is 1.11. The number of hydrogen-bond acceptors (Lipinski definition) is 3. The van der Waals surface area contributed by atoms with E-state index in [0.29, 0.717) is 17.5 Å². The first kappa shape index (κ1) is 13.5. The second-order valence-electron chi connectivity index (χ2n) is 4.58. The number of anilines is 1. The lowest BCUT2D eigenvalue weighted by Crippen LogP contribution is -2.23. The van der Waals surface area contributed by atoms with Crippen molar-refractivity contribution in [2.45, 2.75) is 40.2 Å². The van der Waals surface area contributed by atoms with E-state index in [1.165, 1.54) is 0 Å². The molecule has 4 heteroatoms. The van der Waals surface area contributed by atoms with Gasteiger partial charge in [0.1, 0.15) is 0 Å². The minimum absolute atomic E-state index is 0.173. The van der Waals surface area contributed by atoms with Crippen molar-refractivity contribution in [3.63, 3.8) is 0 Å².